The van der Waals surface area contributed by atoms with Gasteiger partial charge in [0.25, 0.3) is 0 Å². The van der Waals surface area contributed by atoms with Crippen LogP contribution in [0.5, 0.6) is 5.75 Å². The topological polar surface area (TPSA) is 73.9 Å². The van der Waals surface area contributed by atoms with Crippen LogP contribution in [0.25, 0.3) is 0 Å². The van der Waals surface area contributed by atoms with Crippen molar-refractivity contribution in [3.8, 4) is 5.75 Å². The van der Waals surface area contributed by atoms with Crippen molar-refractivity contribution in [2.75, 3.05) is 7.11 Å². The summed E-state index contributed by atoms with van der Waals surface area (Å²) in [5.74, 6) is -0.00177. The van der Waals surface area contributed by atoms with Gasteiger partial charge in [0, 0.05) is 6.42 Å². The molecule has 2 aromatic carbocycles. The standard InChI is InChI=1S/C32H49NO5Si/c1-10-25(8)30(32(35)36-9)33-31(34)29(38-39(22(2)3,23(4)5)24(6)7)20-26-16-18-28(19-17-26)37-21-27-14-12-11-13-15-27/h11-19,22-25,29-30H,10,20-21H2,1-9H3,(H,33,34)/t25-,29+,30+/m0/s1. The van der Waals surface area contributed by atoms with Crippen molar-refractivity contribution in [2.45, 2.75) is 104 Å². The van der Waals surface area contributed by atoms with Crippen molar-refractivity contribution in [1.29, 1.82) is 0 Å². The molecule has 1 amide bonds. The summed E-state index contributed by atoms with van der Waals surface area (Å²) in [7, 11) is -1.04. The molecule has 216 valence electrons. The minimum absolute atomic E-state index is 0.0644. The van der Waals surface area contributed by atoms with Crippen LogP contribution in [-0.2, 0) is 31.8 Å². The largest absolute Gasteiger partial charge is 0.489 e. The summed E-state index contributed by atoms with van der Waals surface area (Å²) in [6.07, 6.45) is 0.412. The van der Waals surface area contributed by atoms with Gasteiger partial charge in [0.05, 0.1) is 7.11 Å². The van der Waals surface area contributed by atoms with E-state index in [9.17, 15) is 9.59 Å². The van der Waals surface area contributed by atoms with Crippen LogP contribution in [0.1, 0.15) is 72.9 Å². The van der Waals surface area contributed by atoms with Gasteiger partial charge in [0.15, 0.2) is 0 Å². The third-order valence-electron chi connectivity index (χ3n) is 7.90. The molecule has 0 heterocycles. The molecule has 0 radical (unpaired) electrons. The van der Waals surface area contributed by atoms with Gasteiger partial charge in [-0.05, 0) is 45.8 Å². The number of methoxy groups -OCH3 is 1. The molecule has 0 aromatic heterocycles. The molecule has 1 N–H and O–H groups in total. The van der Waals surface area contributed by atoms with Gasteiger partial charge in [-0.1, -0.05) is 104 Å². The third-order valence-corrected chi connectivity index (χ3v) is 14.0. The lowest BCUT2D eigenvalue weighted by Crippen LogP contribution is -2.56. The van der Waals surface area contributed by atoms with E-state index in [1.165, 1.54) is 7.11 Å². The summed E-state index contributed by atoms with van der Waals surface area (Å²) in [6.45, 7) is 17.7. The second-order valence-corrected chi connectivity index (χ2v) is 16.8. The van der Waals surface area contributed by atoms with E-state index in [0.717, 1.165) is 23.3 Å². The molecular weight excluding hydrogens is 506 g/mol. The highest BCUT2D eigenvalue weighted by Crippen LogP contribution is 2.43. The number of hydrogen-bond donors (Lipinski definition) is 1. The summed E-state index contributed by atoms with van der Waals surface area (Å²) < 4.78 is 18.0. The fourth-order valence-corrected chi connectivity index (χ4v) is 11.1. The van der Waals surface area contributed by atoms with Crippen LogP contribution >= 0.6 is 0 Å². The number of benzene rings is 2. The molecule has 0 unspecified atom stereocenters. The molecule has 0 aliphatic heterocycles. The van der Waals surface area contributed by atoms with E-state index in [1.54, 1.807) is 0 Å². The molecule has 0 saturated heterocycles. The second kappa shape index (κ2) is 15.2. The van der Waals surface area contributed by atoms with Gasteiger partial charge in [-0.15, -0.1) is 0 Å². The van der Waals surface area contributed by atoms with Gasteiger partial charge >= 0.3 is 5.97 Å². The van der Waals surface area contributed by atoms with Crippen LogP contribution in [0.2, 0.25) is 16.6 Å². The Morgan fingerprint density at radius 3 is 1.87 bits per heavy atom. The summed E-state index contributed by atoms with van der Waals surface area (Å²) >= 11 is 0. The van der Waals surface area contributed by atoms with Crippen molar-refractivity contribution < 1.29 is 23.5 Å². The van der Waals surface area contributed by atoms with Gasteiger partial charge < -0.3 is 19.2 Å². The van der Waals surface area contributed by atoms with Crippen molar-refractivity contribution in [1.82, 2.24) is 5.32 Å². The number of hydrogen-bond acceptors (Lipinski definition) is 5. The predicted octanol–water partition coefficient (Wildman–Crippen LogP) is 7.07. The molecule has 2 aromatic rings. The molecule has 7 heteroatoms. The highest BCUT2D eigenvalue weighted by Gasteiger charge is 2.48. The Morgan fingerprint density at radius 1 is 0.821 bits per heavy atom. The Kier molecular flexibility index (Phi) is 12.7. The van der Waals surface area contributed by atoms with Crippen LogP contribution < -0.4 is 10.1 Å². The molecule has 0 bridgehead atoms. The van der Waals surface area contributed by atoms with Crippen molar-refractivity contribution >= 4 is 20.2 Å². The van der Waals surface area contributed by atoms with E-state index < -0.39 is 26.4 Å². The lowest BCUT2D eigenvalue weighted by Gasteiger charge is -2.44. The maximum absolute atomic E-state index is 13.8. The minimum Gasteiger partial charge on any atom is -0.489 e. The Hall–Kier alpha value is -2.64. The average molecular weight is 556 g/mol. The van der Waals surface area contributed by atoms with Crippen molar-refractivity contribution in [3.05, 3.63) is 65.7 Å². The number of carbonyl (C=O) groups excluding carboxylic acids is 2. The van der Waals surface area contributed by atoms with Crippen molar-refractivity contribution in [2.24, 2.45) is 5.92 Å². The lowest BCUT2D eigenvalue weighted by molar-refractivity contribution is -0.147. The Morgan fingerprint density at radius 2 is 1.38 bits per heavy atom. The van der Waals surface area contributed by atoms with Gasteiger partial charge in [0.1, 0.15) is 24.5 Å². The number of rotatable bonds is 15. The molecule has 0 spiro atoms. The third kappa shape index (κ3) is 8.67. The highest BCUT2D eigenvalue weighted by molar-refractivity contribution is 6.77. The van der Waals surface area contributed by atoms with Gasteiger partial charge in [-0.25, -0.2) is 4.79 Å². The van der Waals surface area contributed by atoms with Gasteiger partial charge in [-0.3, -0.25) is 4.79 Å². The summed E-state index contributed by atoms with van der Waals surface area (Å²) in [4.78, 5) is 26.4. The molecule has 0 aliphatic rings. The predicted molar refractivity (Wildman–Crippen MR) is 160 cm³/mol. The molecule has 6 nitrogen and oxygen atoms in total. The van der Waals surface area contributed by atoms with Crippen LogP contribution in [0.15, 0.2) is 54.6 Å². The highest BCUT2D eigenvalue weighted by atomic mass is 28.4. The van der Waals surface area contributed by atoms with E-state index in [-0.39, 0.29) is 11.8 Å². The van der Waals surface area contributed by atoms with Crippen LogP contribution in [0.3, 0.4) is 0 Å². The van der Waals surface area contributed by atoms with E-state index in [2.05, 4.69) is 46.9 Å². The van der Waals surface area contributed by atoms with E-state index in [4.69, 9.17) is 13.9 Å². The first-order valence-electron chi connectivity index (χ1n) is 14.3. The second-order valence-electron chi connectivity index (χ2n) is 11.4. The molecule has 2 rings (SSSR count). The number of amides is 1. The Bertz CT molecular complexity index is 1000. The number of nitrogens with one attached hydrogen (secondary N) is 1. The SMILES string of the molecule is CC[C@H](C)[C@@H](NC(=O)[C@@H](Cc1ccc(OCc2ccccc2)cc1)O[Si](C(C)C)(C(C)C)C(C)C)C(=O)OC. The number of esters is 1. The zero-order valence-corrected chi connectivity index (χ0v) is 26.3. The Labute approximate surface area is 237 Å². The van der Waals surface area contributed by atoms with Crippen LogP contribution in [-0.4, -0.2) is 39.4 Å². The monoisotopic (exact) mass is 555 g/mol. The average Bonchev–Trinajstić information content (AvgIpc) is 2.92. The fraction of sp³-hybridized carbons (Fsp3) is 0.562. The van der Waals surface area contributed by atoms with Crippen LogP contribution in [0, 0.1) is 5.92 Å². The fourth-order valence-electron chi connectivity index (χ4n) is 5.56. The zero-order valence-electron chi connectivity index (χ0n) is 25.3. The maximum atomic E-state index is 13.8. The smallest absolute Gasteiger partial charge is 0.328 e. The quantitative estimate of drug-likeness (QED) is 0.188. The summed E-state index contributed by atoms with van der Waals surface area (Å²) in [6, 6.07) is 17.2. The molecular formula is C32H49NO5Si. The number of carbonyl (C=O) groups is 2. The van der Waals surface area contributed by atoms with Crippen LogP contribution in [0.4, 0.5) is 0 Å². The van der Waals surface area contributed by atoms with Crippen molar-refractivity contribution in [3.63, 3.8) is 0 Å². The maximum Gasteiger partial charge on any atom is 0.328 e. The van der Waals surface area contributed by atoms with Gasteiger partial charge in [-0.2, -0.15) is 0 Å². The van der Waals surface area contributed by atoms with E-state index >= 15 is 0 Å². The first-order valence-corrected chi connectivity index (χ1v) is 16.4. The van der Waals surface area contributed by atoms with E-state index in [1.807, 2.05) is 68.4 Å². The van der Waals surface area contributed by atoms with Gasteiger partial charge in [0.2, 0.25) is 14.2 Å². The first-order chi connectivity index (χ1) is 18.5. The molecule has 3 atom stereocenters. The Balaban J connectivity index is 2.33. The first kappa shape index (κ1) is 32.6. The normalized spacial score (nSPS) is 14.3. The minimum atomic E-state index is -2.39. The molecule has 0 aliphatic carbocycles. The van der Waals surface area contributed by atoms with E-state index in [0.29, 0.717) is 29.7 Å². The molecule has 0 fully saturated rings. The molecule has 0 saturated carbocycles. The lowest BCUT2D eigenvalue weighted by atomic mass is 9.98. The molecule has 39 heavy (non-hydrogen) atoms. The summed E-state index contributed by atoms with van der Waals surface area (Å²) in [5.41, 5.74) is 3.01. The zero-order chi connectivity index (χ0) is 29.2. The number of ether oxygens (including phenoxy) is 2. The summed E-state index contributed by atoms with van der Waals surface area (Å²) in [5, 5.41) is 2.99.